The molecule has 0 amide bonds. The van der Waals surface area contributed by atoms with Gasteiger partial charge in [-0.2, -0.15) is 0 Å². The zero-order chi connectivity index (χ0) is 12.7. The van der Waals surface area contributed by atoms with E-state index in [1.807, 2.05) is 18.5 Å². The highest BCUT2D eigenvalue weighted by atomic mass is 16.3. The molecular weight excluding hydrogens is 212 g/mol. The fraction of sp³-hybridized carbons (Fsp3) is 0.643. The predicted molar refractivity (Wildman–Crippen MR) is 70.8 cm³/mol. The summed E-state index contributed by atoms with van der Waals surface area (Å²) < 4.78 is 0. The molecule has 2 N–H and O–H groups in total. The summed E-state index contributed by atoms with van der Waals surface area (Å²) in [5.41, 5.74) is 2.51. The number of aromatic nitrogens is 1. The van der Waals surface area contributed by atoms with Gasteiger partial charge in [0.05, 0.1) is 0 Å². The molecule has 0 bridgehead atoms. The van der Waals surface area contributed by atoms with Crippen LogP contribution in [0.15, 0.2) is 18.5 Å². The van der Waals surface area contributed by atoms with Crippen LogP contribution in [0, 0.1) is 12.3 Å². The molecule has 0 unspecified atom stereocenters. The molecule has 0 aliphatic heterocycles. The minimum Gasteiger partial charge on any atom is -0.396 e. The molecule has 0 atom stereocenters. The topological polar surface area (TPSA) is 45.1 Å². The summed E-state index contributed by atoms with van der Waals surface area (Å²) in [5, 5.41) is 12.9. The Morgan fingerprint density at radius 2 is 2.06 bits per heavy atom. The van der Waals surface area contributed by atoms with E-state index in [0.29, 0.717) is 0 Å². The fourth-order valence-electron chi connectivity index (χ4n) is 1.92. The van der Waals surface area contributed by atoms with Crippen molar-refractivity contribution < 1.29 is 5.11 Å². The molecule has 0 radical (unpaired) electrons. The molecule has 3 nitrogen and oxygen atoms in total. The largest absolute Gasteiger partial charge is 0.396 e. The number of pyridine rings is 1. The molecule has 96 valence electrons. The lowest BCUT2D eigenvalue weighted by molar-refractivity contribution is 0.113. The van der Waals surface area contributed by atoms with E-state index < -0.39 is 0 Å². The summed E-state index contributed by atoms with van der Waals surface area (Å²) in [5.74, 6) is 0. The number of aryl methyl sites for hydroxylation is 1. The van der Waals surface area contributed by atoms with Crippen LogP contribution < -0.4 is 5.32 Å². The van der Waals surface area contributed by atoms with E-state index in [-0.39, 0.29) is 12.0 Å². The van der Waals surface area contributed by atoms with Gasteiger partial charge in [0.25, 0.3) is 0 Å². The predicted octanol–water partition coefficient (Wildman–Crippen LogP) is 2.28. The van der Waals surface area contributed by atoms with Gasteiger partial charge in [-0.3, -0.25) is 4.98 Å². The van der Waals surface area contributed by atoms with E-state index in [4.69, 9.17) is 0 Å². The minimum absolute atomic E-state index is 0.0239. The van der Waals surface area contributed by atoms with Crippen LogP contribution in [0.1, 0.15) is 37.8 Å². The monoisotopic (exact) mass is 236 g/mol. The van der Waals surface area contributed by atoms with Gasteiger partial charge in [-0.05, 0) is 37.0 Å². The third-order valence-electron chi connectivity index (χ3n) is 3.80. The molecular formula is C14H24N2O. The van der Waals surface area contributed by atoms with Crippen LogP contribution in [0.2, 0.25) is 0 Å². The van der Waals surface area contributed by atoms with Crippen LogP contribution in [0.4, 0.5) is 0 Å². The number of hydrogen-bond donors (Lipinski definition) is 2. The van der Waals surface area contributed by atoms with Gasteiger partial charge in [0.1, 0.15) is 0 Å². The molecule has 17 heavy (non-hydrogen) atoms. The van der Waals surface area contributed by atoms with Crippen molar-refractivity contribution in [2.75, 3.05) is 13.2 Å². The number of nitrogens with one attached hydrogen (secondary N) is 1. The molecule has 0 aromatic carbocycles. The van der Waals surface area contributed by atoms with E-state index in [2.05, 4.69) is 31.1 Å². The second-order valence-electron chi connectivity index (χ2n) is 4.77. The Bertz CT molecular complexity index is 326. The first-order valence-corrected chi connectivity index (χ1v) is 6.38. The summed E-state index contributed by atoms with van der Waals surface area (Å²) >= 11 is 0. The normalized spacial score (nSPS) is 11.8. The first kappa shape index (κ1) is 14.1. The highest BCUT2D eigenvalue weighted by molar-refractivity contribution is 5.20. The third-order valence-corrected chi connectivity index (χ3v) is 3.80. The van der Waals surface area contributed by atoms with Crippen LogP contribution in [0.3, 0.4) is 0 Å². The Labute approximate surface area is 104 Å². The zero-order valence-electron chi connectivity index (χ0n) is 11.2. The Balaban J connectivity index is 2.49. The van der Waals surface area contributed by atoms with Crippen molar-refractivity contribution in [2.24, 2.45) is 5.41 Å². The number of aliphatic hydroxyl groups excluding tert-OH is 1. The summed E-state index contributed by atoms with van der Waals surface area (Å²) in [4.78, 5) is 4.13. The average Bonchev–Trinajstić information content (AvgIpc) is 2.37. The maximum atomic E-state index is 9.48. The van der Waals surface area contributed by atoms with Gasteiger partial charge in [-0.1, -0.05) is 13.8 Å². The van der Waals surface area contributed by atoms with Gasteiger partial charge in [0.2, 0.25) is 0 Å². The fourth-order valence-corrected chi connectivity index (χ4v) is 1.92. The van der Waals surface area contributed by atoms with Crippen molar-refractivity contribution in [3.05, 3.63) is 29.6 Å². The second-order valence-corrected chi connectivity index (χ2v) is 4.77. The van der Waals surface area contributed by atoms with Crippen molar-refractivity contribution >= 4 is 0 Å². The zero-order valence-corrected chi connectivity index (χ0v) is 11.2. The van der Waals surface area contributed by atoms with Gasteiger partial charge in [-0.15, -0.1) is 0 Å². The lowest BCUT2D eigenvalue weighted by Crippen LogP contribution is -2.36. The summed E-state index contributed by atoms with van der Waals surface area (Å²) in [7, 11) is 0. The van der Waals surface area contributed by atoms with E-state index >= 15 is 0 Å². The number of hydrogen-bond acceptors (Lipinski definition) is 3. The van der Waals surface area contributed by atoms with E-state index in [1.54, 1.807) is 0 Å². The van der Waals surface area contributed by atoms with Crippen molar-refractivity contribution in [3.8, 4) is 0 Å². The number of nitrogens with zero attached hydrogens (tertiary/aromatic N) is 1. The molecule has 1 rings (SSSR count). The van der Waals surface area contributed by atoms with Gasteiger partial charge < -0.3 is 10.4 Å². The van der Waals surface area contributed by atoms with Crippen molar-refractivity contribution in [1.82, 2.24) is 10.3 Å². The maximum Gasteiger partial charge on any atom is 0.0499 e. The number of rotatable bonds is 7. The van der Waals surface area contributed by atoms with Crippen molar-refractivity contribution in [2.45, 2.75) is 40.2 Å². The molecule has 3 heteroatoms. The first-order chi connectivity index (χ1) is 8.17. The Morgan fingerprint density at radius 1 is 1.35 bits per heavy atom. The molecule has 0 saturated carbocycles. The molecule has 1 aromatic heterocycles. The Morgan fingerprint density at radius 3 is 2.59 bits per heavy atom. The average molecular weight is 236 g/mol. The van der Waals surface area contributed by atoms with E-state index in [9.17, 15) is 5.11 Å². The molecule has 1 aromatic rings. The second kappa shape index (κ2) is 6.72. The van der Waals surface area contributed by atoms with Crippen molar-refractivity contribution in [3.63, 3.8) is 0 Å². The standard InChI is InChI=1S/C14H24N2O/c1-4-14(5-2,11-17)10-16-9-13-8-15-7-6-12(13)3/h6-8,16-17H,4-5,9-11H2,1-3H3. The highest BCUT2D eigenvalue weighted by Gasteiger charge is 2.24. The maximum absolute atomic E-state index is 9.48. The molecule has 1 heterocycles. The van der Waals surface area contributed by atoms with Crippen LogP contribution in [0.25, 0.3) is 0 Å². The van der Waals surface area contributed by atoms with Gasteiger partial charge in [0, 0.05) is 37.5 Å². The number of aliphatic hydroxyl groups is 1. The van der Waals surface area contributed by atoms with Crippen LogP contribution in [-0.4, -0.2) is 23.2 Å². The van der Waals surface area contributed by atoms with Crippen LogP contribution in [-0.2, 0) is 6.54 Å². The third kappa shape index (κ3) is 3.79. The quantitative estimate of drug-likeness (QED) is 0.763. The van der Waals surface area contributed by atoms with E-state index in [0.717, 1.165) is 25.9 Å². The summed E-state index contributed by atoms with van der Waals surface area (Å²) in [6.45, 7) is 8.29. The molecule has 0 aliphatic carbocycles. The van der Waals surface area contributed by atoms with Gasteiger partial charge >= 0.3 is 0 Å². The lowest BCUT2D eigenvalue weighted by Gasteiger charge is -2.29. The highest BCUT2D eigenvalue weighted by Crippen LogP contribution is 2.24. The molecule has 0 aliphatic rings. The molecule has 0 spiro atoms. The first-order valence-electron chi connectivity index (χ1n) is 6.38. The molecule has 0 fully saturated rings. The smallest absolute Gasteiger partial charge is 0.0499 e. The van der Waals surface area contributed by atoms with Crippen molar-refractivity contribution in [1.29, 1.82) is 0 Å². The SMILES string of the molecule is CCC(CC)(CO)CNCc1cnccc1C. The minimum atomic E-state index is 0.0239. The summed E-state index contributed by atoms with van der Waals surface area (Å²) in [6, 6.07) is 2.02. The van der Waals surface area contributed by atoms with E-state index in [1.165, 1.54) is 11.1 Å². The molecule has 0 saturated heterocycles. The summed E-state index contributed by atoms with van der Waals surface area (Å²) in [6.07, 6.45) is 5.72. The lowest BCUT2D eigenvalue weighted by atomic mass is 9.83. The Kier molecular flexibility index (Phi) is 5.59. The van der Waals surface area contributed by atoms with Gasteiger partial charge in [0.15, 0.2) is 0 Å². The van der Waals surface area contributed by atoms with Gasteiger partial charge in [-0.25, -0.2) is 0 Å². The van der Waals surface area contributed by atoms with Crippen LogP contribution >= 0.6 is 0 Å². The van der Waals surface area contributed by atoms with Crippen LogP contribution in [0.5, 0.6) is 0 Å². The Hall–Kier alpha value is -0.930.